The van der Waals surface area contributed by atoms with Crippen molar-refractivity contribution in [2.45, 2.75) is 45.4 Å². The van der Waals surface area contributed by atoms with Gasteiger partial charge < -0.3 is 10.6 Å². The van der Waals surface area contributed by atoms with E-state index in [1.54, 1.807) is 0 Å². The highest BCUT2D eigenvalue weighted by Crippen LogP contribution is 2.21. The van der Waals surface area contributed by atoms with Gasteiger partial charge in [0.15, 0.2) is 0 Å². The third kappa shape index (κ3) is 4.38. The van der Waals surface area contributed by atoms with Crippen molar-refractivity contribution in [3.8, 4) is 0 Å². The van der Waals surface area contributed by atoms with Gasteiger partial charge in [0.1, 0.15) is 0 Å². The number of nitrogens with two attached hydrogens (primary N) is 1. The van der Waals surface area contributed by atoms with Gasteiger partial charge in [-0.25, -0.2) is 4.79 Å². The average Bonchev–Trinajstić information content (AvgIpc) is 2.85. The van der Waals surface area contributed by atoms with Crippen LogP contribution in [-0.2, 0) is 0 Å². The monoisotopic (exact) mass is 289 g/mol. The van der Waals surface area contributed by atoms with Gasteiger partial charge in [0.05, 0.1) is 0 Å². The van der Waals surface area contributed by atoms with Crippen LogP contribution in [0.4, 0.5) is 16.2 Å². The molecule has 21 heavy (non-hydrogen) atoms. The molecule has 2 rings (SSSR count). The van der Waals surface area contributed by atoms with E-state index in [9.17, 15) is 4.79 Å². The molecule has 0 radical (unpaired) electrons. The maximum Gasteiger partial charge on any atom is 0.324 e. The minimum absolute atomic E-state index is 0.133. The predicted octanol–water partition coefficient (Wildman–Crippen LogP) is 3.87. The van der Waals surface area contributed by atoms with Crippen LogP contribution >= 0.6 is 0 Å². The molecule has 2 N–H and O–H groups in total. The second-order valence-corrected chi connectivity index (χ2v) is 5.78. The lowest BCUT2D eigenvalue weighted by Gasteiger charge is -2.18. The molecule has 116 valence electrons. The zero-order chi connectivity index (χ0) is 15.1. The van der Waals surface area contributed by atoms with Crippen LogP contribution in [0.2, 0.25) is 0 Å². The smallest absolute Gasteiger partial charge is 0.324 e. The molecule has 1 saturated heterocycles. The first-order chi connectivity index (χ1) is 10.2. The van der Waals surface area contributed by atoms with Crippen LogP contribution in [0.5, 0.6) is 0 Å². The van der Waals surface area contributed by atoms with E-state index in [0.717, 1.165) is 37.4 Å². The summed E-state index contributed by atoms with van der Waals surface area (Å²) in [5.41, 5.74) is 7.36. The Morgan fingerprint density at radius 2 is 1.67 bits per heavy atom. The first-order valence-corrected chi connectivity index (χ1v) is 8.14. The van der Waals surface area contributed by atoms with Crippen molar-refractivity contribution >= 4 is 17.4 Å². The Labute approximate surface area is 127 Å². The molecular weight excluding hydrogens is 262 g/mol. The van der Waals surface area contributed by atoms with E-state index in [-0.39, 0.29) is 6.03 Å². The molecule has 0 bridgehead atoms. The fourth-order valence-corrected chi connectivity index (χ4v) is 2.77. The molecule has 0 unspecified atom stereocenters. The SMILES string of the molecule is CCCCCCCCN1CCN(c2ccc(N)cc2)C1=O. The van der Waals surface area contributed by atoms with Gasteiger partial charge in [-0.3, -0.25) is 4.90 Å². The number of anilines is 2. The van der Waals surface area contributed by atoms with Crippen LogP contribution in [0.1, 0.15) is 45.4 Å². The fourth-order valence-electron chi connectivity index (χ4n) is 2.77. The molecular formula is C17H27N3O. The van der Waals surface area contributed by atoms with Crippen LogP contribution in [0.15, 0.2) is 24.3 Å². The van der Waals surface area contributed by atoms with E-state index >= 15 is 0 Å². The average molecular weight is 289 g/mol. The number of amides is 2. The number of unbranched alkanes of at least 4 members (excludes halogenated alkanes) is 5. The second-order valence-electron chi connectivity index (χ2n) is 5.78. The lowest BCUT2D eigenvalue weighted by Crippen LogP contribution is -2.32. The quantitative estimate of drug-likeness (QED) is 0.583. The maximum absolute atomic E-state index is 12.4. The third-order valence-corrected chi connectivity index (χ3v) is 4.08. The number of hydrogen-bond acceptors (Lipinski definition) is 2. The van der Waals surface area contributed by atoms with Gasteiger partial charge in [-0.15, -0.1) is 0 Å². The summed E-state index contributed by atoms with van der Waals surface area (Å²) in [4.78, 5) is 16.2. The minimum Gasteiger partial charge on any atom is -0.399 e. The van der Waals surface area contributed by atoms with E-state index in [0.29, 0.717) is 0 Å². The standard InChI is InChI=1S/C17H27N3O/c1-2-3-4-5-6-7-12-19-13-14-20(17(19)21)16-10-8-15(18)9-11-16/h8-11H,2-7,12-14,18H2,1H3. The summed E-state index contributed by atoms with van der Waals surface area (Å²) < 4.78 is 0. The Kier molecular flexibility index (Phi) is 5.90. The van der Waals surface area contributed by atoms with Crippen LogP contribution in [0, 0.1) is 0 Å². The molecule has 0 aromatic heterocycles. The zero-order valence-electron chi connectivity index (χ0n) is 13.1. The van der Waals surface area contributed by atoms with Crippen molar-refractivity contribution in [3.05, 3.63) is 24.3 Å². The largest absolute Gasteiger partial charge is 0.399 e. The number of benzene rings is 1. The summed E-state index contributed by atoms with van der Waals surface area (Å²) in [7, 11) is 0. The molecule has 1 aliphatic rings. The number of nitrogen functional groups attached to an aromatic ring is 1. The Bertz CT molecular complexity index is 444. The van der Waals surface area contributed by atoms with Crippen molar-refractivity contribution < 1.29 is 4.79 Å². The first kappa shape index (κ1) is 15.7. The highest BCUT2D eigenvalue weighted by atomic mass is 16.2. The number of carbonyl (C=O) groups excluding carboxylic acids is 1. The van der Waals surface area contributed by atoms with E-state index in [4.69, 9.17) is 5.73 Å². The van der Waals surface area contributed by atoms with Crippen LogP contribution in [-0.4, -0.2) is 30.6 Å². The van der Waals surface area contributed by atoms with Crippen molar-refractivity contribution in [1.29, 1.82) is 0 Å². The maximum atomic E-state index is 12.4. The molecule has 0 atom stereocenters. The molecule has 4 nitrogen and oxygen atoms in total. The van der Waals surface area contributed by atoms with Crippen LogP contribution in [0.3, 0.4) is 0 Å². The first-order valence-electron chi connectivity index (χ1n) is 8.14. The molecule has 1 heterocycles. The molecule has 4 heteroatoms. The summed E-state index contributed by atoms with van der Waals surface area (Å²) in [6.07, 6.45) is 7.56. The molecule has 0 saturated carbocycles. The number of rotatable bonds is 8. The minimum atomic E-state index is 0.133. The number of carbonyl (C=O) groups is 1. The van der Waals surface area contributed by atoms with Crippen molar-refractivity contribution in [1.82, 2.24) is 4.90 Å². The molecule has 0 aliphatic carbocycles. The van der Waals surface area contributed by atoms with E-state index in [1.165, 1.54) is 32.1 Å². The van der Waals surface area contributed by atoms with Gasteiger partial charge in [0, 0.05) is 31.0 Å². The Balaban J connectivity index is 1.75. The topological polar surface area (TPSA) is 49.6 Å². The van der Waals surface area contributed by atoms with Crippen molar-refractivity contribution in [2.75, 3.05) is 30.3 Å². The lowest BCUT2D eigenvalue weighted by atomic mass is 10.1. The highest BCUT2D eigenvalue weighted by molar-refractivity contribution is 5.94. The Morgan fingerprint density at radius 1 is 1.00 bits per heavy atom. The Morgan fingerprint density at radius 3 is 2.38 bits per heavy atom. The predicted molar refractivity (Wildman–Crippen MR) is 88.5 cm³/mol. The van der Waals surface area contributed by atoms with Crippen molar-refractivity contribution in [3.63, 3.8) is 0 Å². The second kappa shape index (κ2) is 7.91. The summed E-state index contributed by atoms with van der Waals surface area (Å²) in [6, 6.07) is 7.66. The summed E-state index contributed by atoms with van der Waals surface area (Å²) in [6.45, 7) is 4.72. The molecule has 2 amide bonds. The van der Waals surface area contributed by atoms with Gasteiger partial charge in [-0.2, -0.15) is 0 Å². The van der Waals surface area contributed by atoms with Gasteiger partial charge in [-0.05, 0) is 30.7 Å². The van der Waals surface area contributed by atoms with Gasteiger partial charge in [0.25, 0.3) is 0 Å². The molecule has 0 spiro atoms. The Hall–Kier alpha value is -1.71. The third-order valence-electron chi connectivity index (χ3n) is 4.08. The highest BCUT2D eigenvalue weighted by Gasteiger charge is 2.28. The van der Waals surface area contributed by atoms with Gasteiger partial charge in [0.2, 0.25) is 0 Å². The normalized spacial score (nSPS) is 15.0. The van der Waals surface area contributed by atoms with E-state index in [1.807, 2.05) is 34.1 Å². The van der Waals surface area contributed by atoms with E-state index < -0.39 is 0 Å². The molecule has 1 fully saturated rings. The van der Waals surface area contributed by atoms with Gasteiger partial charge in [-0.1, -0.05) is 39.0 Å². The number of hydrogen-bond donors (Lipinski definition) is 1. The summed E-state index contributed by atoms with van der Waals surface area (Å²) in [5, 5.41) is 0. The van der Waals surface area contributed by atoms with Crippen LogP contribution < -0.4 is 10.6 Å². The van der Waals surface area contributed by atoms with Crippen LogP contribution in [0.25, 0.3) is 0 Å². The lowest BCUT2D eigenvalue weighted by molar-refractivity contribution is 0.219. The molecule has 1 aliphatic heterocycles. The fraction of sp³-hybridized carbons (Fsp3) is 0.588. The zero-order valence-corrected chi connectivity index (χ0v) is 13.1. The number of urea groups is 1. The van der Waals surface area contributed by atoms with E-state index in [2.05, 4.69) is 6.92 Å². The number of nitrogens with zero attached hydrogens (tertiary/aromatic N) is 2. The summed E-state index contributed by atoms with van der Waals surface area (Å²) in [5.74, 6) is 0. The summed E-state index contributed by atoms with van der Waals surface area (Å²) >= 11 is 0. The van der Waals surface area contributed by atoms with Gasteiger partial charge >= 0.3 is 6.03 Å². The van der Waals surface area contributed by atoms with Crippen molar-refractivity contribution in [2.24, 2.45) is 0 Å². The molecule has 1 aromatic rings. The molecule has 1 aromatic carbocycles.